The number of methoxy groups -OCH3 is 1. The zero-order chi connectivity index (χ0) is 22.1. The van der Waals surface area contributed by atoms with Crippen molar-refractivity contribution in [2.24, 2.45) is 0 Å². The number of carbonyl (C=O) groups excluding carboxylic acids is 3. The van der Waals surface area contributed by atoms with Gasteiger partial charge in [-0.15, -0.1) is 0 Å². The average Bonchev–Trinajstić information content (AvgIpc) is 2.78. The van der Waals surface area contributed by atoms with Gasteiger partial charge >= 0.3 is 5.97 Å². The highest BCUT2D eigenvalue weighted by Gasteiger charge is 2.20. The number of unbranched alkanes of at least 4 members (excludes halogenated alkanes) is 1. The first-order chi connectivity index (χ1) is 15.1. The number of hydrogen-bond acceptors (Lipinski definition) is 4. The highest BCUT2D eigenvalue weighted by Crippen LogP contribution is 2.29. The summed E-state index contributed by atoms with van der Waals surface area (Å²) in [5.74, 6) is -0.418. The van der Waals surface area contributed by atoms with Gasteiger partial charge in [-0.1, -0.05) is 54.6 Å². The zero-order valence-electron chi connectivity index (χ0n) is 17.8. The fourth-order valence-corrected chi connectivity index (χ4v) is 3.56. The average molecular weight is 421 g/mol. The molecule has 3 rings (SSSR count). The lowest BCUT2D eigenvalue weighted by Crippen LogP contribution is -2.35. The number of para-hydroxylation sites is 1. The predicted octanol–water partition coefficient (Wildman–Crippen LogP) is 3.94. The van der Waals surface area contributed by atoms with Crippen LogP contribution in [0.1, 0.15) is 48.8 Å². The van der Waals surface area contributed by atoms with Gasteiger partial charge in [0.05, 0.1) is 19.3 Å². The van der Waals surface area contributed by atoms with E-state index in [1.54, 1.807) is 4.90 Å². The summed E-state index contributed by atoms with van der Waals surface area (Å²) in [5, 5.41) is 2.81. The van der Waals surface area contributed by atoms with Crippen molar-refractivity contribution in [2.75, 3.05) is 18.6 Å². The van der Waals surface area contributed by atoms with Gasteiger partial charge in [-0.25, -0.2) is 0 Å². The number of benzene rings is 2. The van der Waals surface area contributed by atoms with Crippen LogP contribution in [0.15, 0.2) is 48.5 Å². The number of fused-ring (bicyclic) bond motifs is 2. The molecular weight excluding hydrogens is 392 g/mol. The molecule has 0 atom stereocenters. The number of nitrogens with zero attached hydrogens (tertiary/aromatic N) is 1. The van der Waals surface area contributed by atoms with Crippen molar-refractivity contribution < 1.29 is 19.1 Å². The van der Waals surface area contributed by atoms with E-state index in [9.17, 15) is 14.4 Å². The second-order valence-electron chi connectivity index (χ2n) is 7.45. The van der Waals surface area contributed by atoms with Gasteiger partial charge in [0, 0.05) is 25.8 Å². The Bertz CT molecular complexity index is 967. The van der Waals surface area contributed by atoms with Crippen molar-refractivity contribution in [3.05, 3.63) is 65.2 Å². The Balaban J connectivity index is 1.58. The Morgan fingerprint density at radius 2 is 1.58 bits per heavy atom. The molecular formula is C25H28N2O4. The van der Waals surface area contributed by atoms with Crippen LogP contribution in [0.2, 0.25) is 0 Å². The first-order valence-electron chi connectivity index (χ1n) is 10.6. The van der Waals surface area contributed by atoms with E-state index >= 15 is 0 Å². The van der Waals surface area contributed by atoms with Gasteiger partial charge in [-0.3, -0.25) is 14.4 Å². The molecule has 0 spiro atoms. The van der Waals surface area contributed by atoms with Gasteiger partial charge in [-0.2, -0.15) is 0 Å². The molecule has 0 aromatic heterocycles. The summed E-state index contributed by atoms with van der Waals surface area (Å²) < 4.78 is 4.58. The number of esters is 1. The summed E-state index contributed by atoms with van der Waals surface area (Å²) in [6.07, 6.45) is 6.19. The largest absolute Gasteiger partial charge is 0.469 e. The summed E-state index contributed by atoms with van der Waals surface area (Å²) in [7, 11) is 1.35. The summed E-state index contributed by atoms with van der Waals surface area (Å²) in [5.41, 5.74) is 4.03. The molecule has 2 aromatic carbocycles. The number of carbonyl (C=O) groups is 3. The van der Waals surface area contributed by atoms with Crippen LogP contribution in [0.5, 0.6) is 0 Å². The molecule has 0 fully saturated rings. The number of ether oxygens (including phenoxy) is 1. The lowest BCUT2D eigenvalue weighted by atomic mass is 10.0. The predicted molar refractivity (Wildman–Crippen MR) is 121 cm³/mol. The van der Waals surface area contributed by atoms with E-state index in [0.717, 1.165) is 22.4 Å². The Kier molecular flexibility index (Phi) is 7.98. The first-order valence-corrected chi connectivity index (χ1v) is 10.6. The van der Waals surface area contributed by atoms with E-state index in [-0.39, 0.29) is 30.7 Å². The standard InChI is InChI=1S/C25H28N2O4/c1-31-25(30)13-7-6-12-23(28)26-17-16-24(29)27-18-21-10-3-2-8-19(21)14-15-20-9-4-5-11-22(20)27/h2-5,8-11,14-15H,6-7,12-13,16-18H2,1H3,(H,26,28)/b15-14-. The molecule has 1 N–H and O–H groups in total. The van der Waals surface area contributed by atoms with Gasteiger partial charge in [0.2, 0.25) is 11.8 Å². The van der Waals surface area contributed by atoms with Crippen molar-refractivity contribution in [1.29, 1.82) is 0 Å². The van der Waals surface area contributed by atoms with E-state index < -0.39 is 0 Å². The maximum absolute atomic E-state index is 13.1. The number of nitrogens with one attached hydrogen (secondary N) is 1. The molecule has 6 heteroatoms. The third kappa shape index (κ3) is 6.28. The molecule has 0 saturated carbocycles. The maximum atomic E-state index is 13.1. The molecule has 1 aliphatic rings. The third-order valence-corrected chi connectivity index (χ3v) is 5.28. The molecule has 0 saturated heterocycles. The molecule has 0 aliphatic carbocycles. The van der Waals surface area contributed by atoms with Gasteiger partial charge in [-0.05, 0) is 35.6 Å². The number of rotatable bonds is 8. The summed E-state index contributed by atoms with van der Waals surface area (Å²) in [6, 6.07) is 15.9. The van der Waals surface area contributed by atoms with E-state index in [0.29, 0.717) is 32.2 Å². The molecule has 0 unspecified atom stereocenters. The molecule has 6 nitrogen and oxygen atoms in total. The van der Waals surface area contributed by atoms with Crippen molar-refractivity contribution in [1.82, 2.24) is 5.32 Å². The molecule has 0 radical (unpaired) electrons. The second kappa shape index (κ2) is 11.1. The first kappa shape index (κ1) is 22.3. The van der Waals surface area contributed by atoms with E-state index in [2.05, 4.69) is 16.1 Å². The summed E-state index contributed by atoms with van der Waals surface area (Å²) in [6.45, 7) is 0.767. The topological polar surface area (TPSA) is 75.7 Å². The van der Waals surface area contributed by atoms with Crippen molar-refractivity contribution in [3.8, 4) is 0 Å². The van der Waals surface area contributed by atoms with Crippen LogP contribution >= 0.6 is 0 Å². The van der Waals surface area contributed by atoms with Crippen LogP contribution in [0, 0.1) is 0 Å². The minimum atomic E-state index is -0.268. The van der Waals surface area contributed by atoms with Crippen LogP contribution < -0.4 is 10.2 Å². The smallest absolute Gasteiger partial charge is 0.305 e. The normalized spacial score (nSPS) is 13.3. The van der Waals surface area contributed by atoms with Crippen LogP contribution in [0.3, 0.4) is 0 Å². The fraction of sp³-hybridized carbons (Fsp3) is 0.320. The van der Waals surface area contributed by atoms with E-state index in [4.69, 9.17) is 0 Å². The molecule has 162 valence electrons. The maximum Gasteiger partial charge on any atom is 0.305 e. The highest BCUT2D eigenvalue weighted by atomic mass is 16.5. The third-order valence-electron chi connectivity index (χ3n) is 5.28. The van der Waals surface area contributed by atoms with E-state index in [1.807, 2.05) is 54.6 Å². The van der Waals surface area contributed by atoms with Gasteiger partial charge in [0.15, 0.2) is 0 Å². The molecule has 31 heavy (non-hydrogen) atoms. The minimum absolute atomic E-state index is 0.0384. The fourth-order valence-electron chi connectivity index (χ4n) is 3.56. The Morgan fingerprint density at radius 3 is 2.39 bits per heavy atom. The second-order valence-corrected chi connectivity index (χ2v) is 7.45. The van der Waals surface area contributed by atoms with Crippen molar-refractivity contribution >= 4 is 35.6 Å². The Hall–Kier alpha value is -3.41. The monoisotopic (exact) mass is 420 g/mol. The number of hydrogen-bond donors (Lipinski definition) is 1. The quantitative estimate of drug-likeness (QED) is 0.518. The molecule has 1 heterocycles. The Morgan fingerprint density at radius 1 is 0.903 bits per heavy atom. The zero-order valence-corrected chi connectivity index (χ0v) is 17.8. The SMILES string of the molecule is COC(=O)CCCCC(=O)NCCC(=O)N1Cc2ccccc2/C=C\c2ccccc21. The molecule has 0 bridgehead atoms. The Labute approximate surface area is 182 Å². The van der Waals surface area contributed by atoms with Crippen LogP contribution in [-0.4, -0.2) is 31.4 Å². The van der Waals surface area contributed by atoms with Crippen molar-refractivity contribution in [3.63, 3.8) is 0 Å². The van der Waals surface area contributed by atoms with Crippen LogP contribution in [-0.2, 0) is 25.7 Å². The lowest BCUT2D eigenvalue weighted by molar-refractivity contribution is -0.140. The van der Waals surface area contributed by atoms with E-state index in [1.165, 1.54) is 7.11 Å². The van der Waals surface area contributed by atoms with Gasteiger partial charge in [0.25, 0.3) is 0 Å². The number of amides is 2. The number of anilines is 1. The van der Waals surface area contributed by atoms with Gasteiger partial charge < -0.3 is 15.0 Å². The highest BCUT2D eigenvalue weighted by molar-refractivity contribution is 5.97. The molecule has 2 amide bonds. The molecule has 1 aliphatic heterocycles. The summed E-state index contributed by atoms with van der Waals surface area (Å²) in [4.78, 5) is 38.0. The van der Waals surface area contributed by atoms with Crippen LogP contribution in [0.4, 0.5) is 5.69 Å². The van der Waals surface area contributed by atoms with Gasteiger partial charge in [0.1, 0.15) is 0 Å². The molecule has 2 aromatic rings. The minimum Gasteiger partial charge on any atom is -0.469 e. The van der Waals surface area contributed by atoms with Crippen molar-refractivity contribution in [2.45, 2.75) is 38.6 Å². The lowest BCUT2D eigenvalue weighted by Gasteiger charge is -2.27. The summed E-state index contributed by atoms with van der Waals surface area (Å²) >= 11 is 0. The van der Waals surface area contributed by atoms with Crippen LogP contribution in [0.25, 0.3) is 12.2 Å².